The van der Waals surface area contributed by atoms with Crippen LogP contribution >= 0.6 is 0 Å². The molecular formula is C30H31N3O2. The Labute approximate surface area is 206 Å². The Bertz CT molecular complexity index is 1310. The highest BCUT2D eigenvalue weighted by molar-refractivity contribution is 5.94. The molecule has 0 atom stereocenters. The van der Waals surface area contributed by atoms with E-state index >= 15 is 0 Å². The Morgan fingerprint density at radius 3 is 2.29 bits per heavy atom. The van der Waals surface area contributed by atoms with E-state index in [2.05, 4.69) is 76.5 Å². The van der Waals surface area contributed by atoms with Crippen molar-refractivity contribution in [3.63, 3.8) is 0 Å². The van der Waals surface area contributed by atoms with Gasteiger partial charge in [-0.05, 0) is 57.6 Å². The molecule has 2 N–H and O–H groups in total. The Kier molecular flexibility index (Phi) is 7.19. The van der Waals surface area contributed by atoms with Crippen LogP contribution in [0.2, 0.25) is 0 Å². The third kappa shape index (κ3) is 5.60. The van der Waals surface area contributed by atoms with Crippen LogP contribution in [0.3, 0.4) is 0 Å². The molecule has 0 aromatic heterocycles. The molecule has 5 nitrogen and oxygen atoms in total. The number of carbonyl (C=O) groups excluding carboxylic acids is 1. The summed E-state index contributed by atoms with van der Waals surface area (Å²) in [6.07, 6.45) is 1.08. The van der Waals surface area contributed by atoms with Gasteiger partial charge in [-0.25, -0.2) is 5.48 Å². The molecule has 178 valence electrons. The molecule has 0 aliphatic carbocycles. The summed E-state index contributed by atoms with van der Waals surface area (Å²) in [6, 6.07) is 31.1. The standard InChI is InChI=1S/C30H31N3O2/c34-30(31-35)28-12-5-11-27(21-28)26-10-3-6-23(20-26)22-33-18-16-32(17-19-33)15-14-25-9-4-8-24-7-1-2-13-29(24)25/h1-13,20-21,35H,14-19,22H2,(H,31,34). The molecule has 1 amide bonds. The molecule has 1 aliphatic heterocycles. The van der Waals surface area contributed by atoms with Crippen molar-refractivity contribution >= 4 is 16.7 Å². The van der Waals surface area contributed by atoms with Crippen LogP contribution in [0.25, 0.3) is 21.9 Å². The molecule has 0 unspecified atom stereocenters. The summed E-state index contributed by atoms with van der Waals surface area (Å²) < 4.78 is 0. The minimum absolute atomic E-state index is 0.440. The van der Waals surface area contributed by atoms with E-state index in [0.29, 0.717) is 5.56 Å². The quantitative estimate of drug-likeness (QED) is 0.298. The predicted molar refractivity (Wildman–Crippen MR) is 140 cm³/mol. The number of benzene rings is 4. The fourth-order valence-corrected chi connectivity index (χ4v) is 4.97. The molecule has 0 radical (unpaired) electrons. The monoisotopic (exact) mass is 465 g/mol. The molecule has 5 rings (SSSR count). The van der Waals surface area contributed by atoms with Crippen LogP contribution in [0.4, 0.5) is 0 Å². The molecule has 4 aromatic rings. The molecular weight excluding hydrogens is 434 g/mol. The first kappa shape index (κ1) is 23.2. The number of piperazine rings is 1. The number of hydrogen-bond donors (Lipinski definition) is 2. The number of hydrogen-bond acceptors (Lipinski definition) is 4. The summed E-state index contributed by atoms with van der Waals surface area (Å²) in [5, 5.41) is 11.6. The van der Waals surface area contributed by atoms with Gasteiger partial charge in [-0.3, -0.25) is 14.9 Å². The second kappa shape index (κ2) is 10.8. The maximum atomic E-state index is 11.8. The first-order chi connectivity index (χ1) is 17.2. The number of amides is 1. The molecule has 1 heterocycles. The smallest absolute Gasteiger partial charge is 0.274 e. The number of carbonyl (C=O) groups is 1. The Balaban J connectivity index is 1.16. The summed E-state index contributed by atoms with van der Waals surface area (Å²) in [5.41, 5.74) is 6.88. The number of fused-ring (bicyclic) bond motifs is 1. The summed E-state index contributed by atoms with van der Waals surface area (Å²) >= 11 is 0. The first-order valence-corrected chi connectivity index (χ1v) is 12.2. The maximum absolute atomic E-state index is 11.8. The van der Waals surface area contributed by atoms with Crippen LogP contribution in [0.5, 0.6) is 0 Å². The number of rotatable bonds is 7. The maximum Gasteiger partial charge on any atom is 0.274 e. The van der Waals surface area contributed by atoms with Gasteiger partial charge in [-0.2, -0.15) is 0 Å². The van der Waals surface area contributed by atoms with Crippen LogP contribution in [-0.2, 0) is 13.0 Å². The number of nitrogens with one attached hydrogen (secondary N) is 1. The van der Waals surface area contributed by atoms with Crippen LogP contribution in [0.15, 0.2) is 91.0 Å². The zero-order valence-corrected chi connectivity index (χ0v) is 19.9. The van der Waals surface area contributed by atoms with Gasteiger partial charge < -0.3 is 4.90 Å². The lowest BCUT2D eigenvalue weighted by atomic mass is 10.0. The van der Waals surface area contributed by atoms with E-state index in [1.165, 1.54) is 21.9 Å². The van der Waals surface area contributed by atoms with E-state index in [0.717, 1.165) is 56.8 Å². The van der Waals surface area contributed by atoms with Crippen molar-refractivity contribution in [2.45, 2.75) is 13.0 Å². The third-order valence-electron chi connectivity index (χ3n) is 6.94. The number of nitrogens with zero attached hydrogens (tertiary/aromatic N) is 2. The van der Waals surface area contributed by atoms with E-state index in [-0.39, 0.29) is 0 Å². The fraction of sp³-hybridized carbons (Fsp3) is 0.233. The van der Waals surface area contributed by atoms with Gasteiger partial charge in [0.25, 0.3) is 5.91 Å². The Morgan fingerprint density at radius 2 is 1.46 bits per heavy atom. The first-order valence-electron chi connectivity index (χ1n) is 12.2. The molecule has 0 saturated carbocycles. The molecule has 5 heteroatoms. The van der Waals surface area contributed by atoms with Crippen molar-refractivity contribution in [1.82, 2.24) is 15.3 Å². The highest BCUT2D eigenvalue weighted by atomic mass is 16.5. The molecule has 1 saturated heterocycles. The highest BCUT2D eigenvalue weighted by Gasteiger charge is 2.17. The minimum Gasteiger partial charge on any atom is -0.300 e. The Morgan fingerprint density at radius 1 is 0.771 bits per heavy atom. The summed E-state index contributed by atoms with van der Waals surface area (Å²) in [7, 11) is 0. The zero-order valence-electron chi connectivity index (χ0n) is 19.9. The van der Waals surface area contributed by atoms with Crippen molar-refractivity contribution < 1.29 is 10.0 Å². The van der Waals surface area contributed by atoms with E-state index in [1.807, 2.05) is 12.1 Å². The summed E-state index contributed by atoms with van der Waals surface area (Å²) in [5.74, 6) is -0.499. The normalized spacial score (nSPS) is 14.8. The SMILES string of the molecule is O=C(NO)c1cccc(-c2cccc(CN3CCN(CCc4cccc5ccccc45)CC3)c2)c1. The largest absolute Gasteiger partial charge is 0.300 e. The molecule has 1 aliphatic rings. The average Bonchev–Trinajstić information content (AvgIpc) is 2.92. The van der Waals surface area contributed by atoms with Crippen LogP contribution < -0.4 is 5.48 Å². The second-order valence-corrected chi connectivity index (χ2v) is 9.23. The van der Waals surface area contributed by atoms with Gasteiger partial charge in [0.05, 0.1) is 0 Å². The van der Waals surface area contributed by atoms with Crippen molar-refractivity contribution in [2.75, 3.05) is 32.7 Å². The van der Waals surface area contributed by atoms with Crippen LogP contribution in [0, 0.1) is 0 Å². The lowest BCUT2D eigenvalue weighted by molar-refractivity contribution is 0.0706. The van der Waals surface area contributed by atoms with Crippen LogP contribution in [0.1, 0.15) is 21.5 Å². The van der Waals surface area contributed by atoms with Crippen molar-refractivity contribution in [1.29, 1.82) is 0 Å². The predicted octanol–water partition coefficient (Wildman–Crippen LogP) is 4.99. The topological polar surface area (TPSA) is 55.8 Å². The lowest BCUT2D eigenvalue weighted by Crippen LogP contribution is -2.46. The highest BCUT2D eigenvalue weighted by Crippen LogP contribution is 2.23. The van der Waals surface area contributed by atoms with E-state index in [1.54, 1.807) is 17.6 Å². The molecule has 0 spiro atoms. The van der Waals surface area contributed by atoms with E-state index in [9.17, 15) is 4.79 Å². The van der Waals surface area contributed by atoms with Gasteiger partial charge >= 0.3 is 0 Å². The minimum atomic E-state index is -0.499. The summed E-state index contributed by atoms with van der Waals surface area (Å²) in [4.78, 5) is 16.9. The lowest BCUT2D eigenvalue weighted by Gasteiger charge is -2.34. The van der Waals surface area contributed by atoms with Crippen molar-refractivity contribution in [3.8, 4) is 11.1 Å². The summed E-state index contributed by atoms with van der Waals surface area (Å²) in [6.45, 7) is 6.31. The zero-order chi connectivity index (χ0) is 24.0. The average molecular weight is 466 g/mol. The molecule has 35 heavy (non-hydrogen) atoms. The van der Waals surface area contributed by atoms with Gasteiger partial charge in [0, 0.05) is 44.8 Å². The fourth-order valence-electron chi connectivity index (χ4n) is 4.97. The molecule has 4 aromatic carbocycles. The van der Waals surface area contributed by atoms with Gasteiger partial charge in [-0.1, -0.05) is 72.8 Å². The van der Waals surface area contributed by atoms with Gasteiger partial charge in [0.15, 0.2) is 0 Å². The van der Waals surface area contributed by atoms with Gasteiger partial charge in [-0.15, -0.1) is 0 Å². The van der Waals surface area contributed by atoms with Crippen molar-refractivity contribution in [3.05, 3.63) is 108 Å². The van der Waals surface area contributed by atoms with E-state index < -0.39 is 5.91 Å². The van der Waals surface area contributed by atoms with Crippen LogP contribution in [-0.4, -0.2) is 53.6 Å². The van der Waals surface area contributed by atoms with Crippen molar-refractivity contribution in [2.24, 2.45) is 0 Å². The third-order valence-corrected chi connectivity index (χ3v) is 6.94. The second-order valence-electron chi connectivity index (χ2n) is 9.23. The molecule has 1 fully saturated rings. The Hall–Kier alpha value is -3.51. The van der Waals surface area contributed by atoms with Gasteiger partial charge in [0.1, 0.15) is 0 Å². The van der Waals surface area contributed by atoms with E-state index in [4.69, 9.17) is 5.21 Å². The molecule has 0 bridgehead atoms. The van der Waals surface area contributed by atoms with Gasteiger partial charge in [0.2, 0.25) is 0 Å². The number of hydroxylamine groups is 1.